The number of rotatable bonds is 11. The maximum Gasteiger partial charge on any atom is 0.491 e. The smallest absolute Gasteiger partial charge is 0.489 e. The summed E-state index contributed by atoms with van der Waals surface area (Å²) in [5.74, 6) is 0. The van der Waals surface area contributed by atoms with Crippen molar-refractivity contribution in [2.24, 2.45) is 0 Å². The molecule has 19 heavy (non-hydrogen) atoms. The Labute approximate surface area is 119 Å². The largest absolute Gasteiger partial charge is 0.491 e. The second kappa shape index (κ2) is 10.3. The van der Waals surface area contributed by atoms with Crippen LogP contribution in [0.15, 0.2) is 0 Å². The molecule has 0 aromatic rings. The highest BCUT2D eigenvalue weighted by atomic mass is 28.4. The van der Waals surface area contributed by atoms with Gasteiger partial charge in [0.15, 0.2) is 0 Å². The minimum atomic E-state index is -2.08. The van der Waals surface area contributed by atoms with E-state index in [1.165, 1.54) is 38.5 Å². The highest BCUT2D eigenvalue weighted by Crippen LogP contribution is 2.34. The van der Waals surface area contributed by atoms with Crippen LogP contribution in [0, 0.1) is 0 Å². The number of hydrogen-bond acceptors (Lipinski definition) is 2. The van der Waals surface area contributed by atoms with Crippen molar-refractivity contribution in [3.8, 4) is 0 Å². The Morgan fingerprint density at radius 2 is 1.58 bits per heavy atom. The molecule has 0 aliphatic heterocycles. The lowest BCUT2D eigenvalue weighted by molar-refractivity contribution is 0.139. The molecule has 0 saturated heterocycles. The molecule has 0 heterocycles. The van der Waals surface area contributed by atoms with E-state index in [0.717, 1.165) is 18.5 Å². The molecule has 4 heteroatoms. The predicted octanol–water partition coefficient (Wildman–Crippen LogP) is 5.81. The summed E-state index contributed by atoms with van der Waals surface area (Å²) in [6.07, 6.45) is 7.79. The molecular weight excluding hydrogens is 256 g/mol. The molecule has 0 radical (unpaired) electrons. The van der Waals surface area contributed by atoms with Gasteiger partial charge in [-0.05, 0) is 24.1 Å². The standard InChI is InChI=1S/C15H32O3Si/c1-5-8-9-10-11-12-13-14(4)19(6-2,7-3)18-15(16)17/h14H,5-13H2,1-4H3,(H,16,17). The minimum Gasteiger partial charge on any atom is -0.489 e. The molecule has 0 aromatic carbocycles. The highest BCUT2D eigenvalue weighted by Gasteiger charge is 2.40. The predicted molar refractivity (Wildman–Crippen MR) is 83.2 cm³/mol. The van der Waals surface area contributed by atoms with Crippen LogP contribution in [0.1, 0.15) is 72.6 Å². The minimum absolute atomic E-state index is 0.435. The fourth-order valence-corrected chi connectivity index (χ4v) is 6.32. The Morgan fingerprint density at radius 3 is 2.05 bits per heavy atom. The van der Waals surface area contributed by atoms with E-state index >= 15 is 0 Å². The normalized spacial score (nSPS) is 13.3. The second-order valence-corrected chi connectivity index (χ2v) is 10.3. The van der Waals surface area contributed by atoms with Crippen LogP contribution in [0.3, 0.4) is 0 Å². The van der Waals surface area contributed by atoms with E-state index in [2.05, 4.69) is 27.7 Å². The molecule has 114 valence electrons. The number of carboxylic acid groups (broad SMARTS) is 1. The van der Waals surface area contributed by atoms with Gasteiger partial charge in [0.05, 0.1) is 0 Å². The van der Waals surface area contributed by atoms with Gasteiger partial charge >= 0.3 is 6.16 Å². The van der Waals surface area contributed by atoms with Gasteiger partial charge < -0.3 is 9.53 Å². The Balaban J connectivity index is 4.11. The van der Waals surface area contributed by atoms with E-state index in [-0.39, 0.29) is 0 Å². The van der Waals surface area contributed by atoms with E-state index in [1.807, 2.05) is 0 Å². The molecule has 0 rings (SSSR count). The lowest BCUT2D eigenvalue weighted by Crippen LogP contribution is -2.42. The number of hydrogen-bond donors (Lipinski definition) is 1. The van der Waals surface area contributed by atoms with Gasteiger partial charge in [-0.25, -0.2) is 4.79 Å². The van der Waals surface area contributed by atoms with Gasteiger partial charge in [-0.15, -0.1) is 0 Å². The summed E-state index contributed by atoms with van der Waals surface area (Å²) in [6, 6.07) is 1.79. The number of unbranched alkanes of at least 4 members (excludes halogenated alkanes) is 5. The van der Waals surface area contributed by atoms with Gasteiger partial charge in [-0.1, -0.05) is 66.2 Å². The molecular formula is C15H32O3Si. The fourth-order valence-electron chi connectivity index (χ4n) is 2.86. The summed E-state index contributed by atoms with van der Waals surface area (Å²) in [5.41, 5.74) is 0.435. The van der Waals surface area contributed by atoms with Crippen LogP contribution in [0.4, 0.5) is 4.79 Å². The first kappa shape index (κ1) is 18.5. The third-order valence-electron chi connectivity index (χ3n) is 4.38. The molecule has 1 unspecified atom stereocenters. The van der Waals surface area contributed by atoms with Gasteiger partial charge in [-0.2, -0.15) is 0 Å². The molecule has 0 amide bonds. The van der Waals surface area contributed by atoms with Crippen molar-refractivity contribution in [2.75, 3.05) is 0 Å². The van der Waals surface area contributed by atoms with Crippen LogP contribution < -0.4 is 0 Å². The monoisotopic (exact) mass is 288 g/mol. The summed E-state index contributed by atoms with van der Waals surface area (Å²) in [7, 11) is -2.08. The summed E-state index contributed by atoms with van der Waals surface area (Å²) in [4.78, 5) is 10.9. The fraction of sp³-hybridized carbons (Fsp3) is 0.933. The van der Waals surface area contributed by atoms with Crippen molar-refractivity contribution in [3.63, 3.8) is 0 Å². The van der Waals surface area contributed by atoms with Crippen molar-refractivity contribution >= 4 is 14.5 Å². The third kappa shape index (κ3) is 6.99. The van der Waals surface area contributed by atoms with Gasteiger partial charge in [0.1, 0.15) is 0 Å². The third-order valence-corrected chi connectivity index (χ3v) is 9.44. The van der Waals surface area contributed by atoms with E-state index in [9.17, 15) is 4.79 Å². The first-order valence-electron chi connectivity index (χ1n) is 7.94. The van der Waals surface area contributed by atoms with E-state index in [4.69, 9.17) is 9.53 Å². The molecule has 0 saturated carbocycles. The van der Waals surface area contributed by atoms with Crippen LogP contribution in [0.2, 0.25) is 17.6 Å². The van der Waals surface area contributed by atoms with Crippen molar-refractivity contribution in [3.05, 3.63) is 0 Å². The Kier molecular flexibility index (Phi) is 10.0. The summed E-state index contributed by atoms with van der Waals surface area (Å²) in [6.45, 7) is 8.58. The van der Waals surface area contributed by atoms with Crippen molar-refractivity contribution in [1.82, 2.24) is 0 Å². The Bertz CT molecular complexity index is 240. The lowest BCUT2D eigenvalue weighted by Gasteiger charge is -2.33. The lowest BCUT2D eigenvalue weighted by atomic mass is 10.1. The van der Waals surface area contributed by atoms with Gasteiger partial charge in [-0.3, -0.25) is 0 Å². The van der Waals surface area contributed by atoms with E-state index in [0.29, 0.717) is 5.54 Å². The van der Waals surface area contributed by atoms with Crippen LogP contribution in [0.25, 0.3) is 0 Å². The zero-order chi connectivity index (χ0) is 14.7. The molecule has 0 aliphatic rings. The molecule has 0 aliphatic carbocycles. The maximum atomic E-state index is 10.9. The average Bonchev–Trinajstić information content (AvgIpc) is 2.39. The molecule has 1 atom stereocenters. The topological polar surface area (TPSA) is 46.5 Å². The zero-order valence-corrected chi connectivity index (χ0v) is 14.2. The summed E-state index contributed by atoms with van der Waals surface area (Å²) >= 11 is 0. The molecule has 3 nitrogen and oxygen atoms in total. The SMILES string of the molecule is CCCCCCCCC(C)[Si](CC)(CC)OC(=O)O. The molecule has 0 fully saturated rings. The first-order valence-corrected chi connectivity index (χ1v) is 10.3. The summed E-state index contributed by atoms with van der Waals surface area (Å²) in [5, 5.41) is 8.94. The second-order valence-electron chi connectivity index (χ2n) is 5.60. The average molecular weight is 289 g/mol. The molecule has 1 N–H and O–H groups in total. The molecule has 0 bridgehead atoms. The van der Waals surface area contributed by atoms with Crippen LogP contribution >= 0.6 is 0 Å². The Morgan fingerprint density at radius 1 is 1.05 bits per heavy atom. The van der Waals surface area contributed by atoms with Gasteiger partial charge in [0, 0.05) is 0 Å². The van der Waals surface area contributed by atoms with Crippen LogP contribution in [-0.4, -0.2) is 19.6 Å². The van der Waals surface area contributed by atoms with Gasteiger partial charge in [0.25, 0.3) is 8.32 Å². The van der Waals surface area contributed by atoms with Crippen LogP contribution in [-0.2, 0) is 4.43 Å². The van der Waals surface area contributed by atoms with Crippen LogP contribution in [0.5, 0.6) is 0 Å². The van der Waals surface area contributed by atoms with Crippen molar-refractivity contribution in [1.29, 1.82) is 0 Å². The summed E-state index contributed by atoms with van der Waals surface area (Å²) < 4.78 is 5.35. The quantitative estimate of drug-likeness (QED) is 0.385. The molecule has 0 spiro atoms. The molecule has 0 aromatic heterocycles. The number of carbonyl (C=O) groups is 1. The first-order chi connectivity index (χ1) is 9.02. The maximum absolute atomic E-state index is 10.9. The Hall–Kier alpha value is -0.513. The van der Waals surface area contributed by atoms with Crippen molar-refractivity contribution in [2.45, 2.75) is 90.3 Å². The van der Waals surface area contributed by atoms with E-state index < -0.39 is 14.5 Å². The van der Waals surface area contributed by atoms with Gasteiger partial charge in [0.2, 0.25) is 0 Å². The van der Waals surface area contributed by atoms with Crippen molar-refractivity contribution < 1.29 is 14.3 Å². The zero-order valence-electron chi connectivity index (χ0n) is 13.2. The van der Waals surface area contributed by atoms with E-state index in [1.54, 1.807) is 0 Å². The highest BCUT2D eigenvalue weighted by molar-refractivity contribution is 6.76.